The number of para-hydroxylation sites is 2. The molecule has 0 amide bonds. The minimum Gasteiger partial charge on any atom is -0.495 e. The van der Waals surface area contributed by atoms with E-state index in [1.807, 2.05) is 12.1 Å². The molecular weight excluding hydrogens is 224 g/mol. The Bertz CT molecular complexity index is 410. The first-order valence-corrected chi connectivity index (χ1v) is 6.52. The van der Waals surface area contributed by atoms with Crippen LogP contribution in [0.1, 0.15) is 27.7 Å². The van der Waals surface area contributed by atoms with Crippen molar-refractivity contribution in [3.63, 3.8) is 0 Å². The minimum atomic E-state index is 0.0659. The van der Waals surface area contributed by atoms with Gasteiger partial charge in [-0.3, -0.25) is 0 Å². The molecule has 1 heterocycles. The van der Waals surface area contributed by atoms with Gasteiger partial charge < -0.3 is 15.0 Å². The zero-order chi connectivity index (χ0) is 13.4. The van der Waals surface area contributed by atoms with Gasteiger partial charge in [0, 0.05) is 24.2 Å². The Labute approximate surface area is 110 Å². The molecular formula is C15H24N2O. The molecule has 3 heteroatoms. The molecule has 0 aromatic heterocycles. The quantitative estimate of drug-likeness (QED) is 0.871. The van der Waals surface area contributed by atoms with E-state index in [-0.39, 0.29) is 11.1 Å². The van der Waals surface area contributed by atoms with Gasteiger partial charge in [0.1, 0.15) is 5.75 Å². The van der Waals surface area contributed by atoms with Crippen molar-refractivity contribution >= 4 is 5.69 Å². The van der Waals surface area contributed by atoms with Gasteiger partial charge in [-0.2, -0.15) is 0 Å². The minimum absolute atomic E-state index is 0.0659. The highest BCUT2D eigenvalue weighted by Crippen LogP contribution is 2.39. The largest absolute Gasteiger partial charge is 0.495 e. The monoisotopic (exact) mass is 248 g/mol. The fourth-order valence-electron chi connectivity index (χ4n) is 3.12. The average molecular weight is 248 g/mol. The number of ether oxygens (including phenoxy) is 1. The van der Waals surface area contributed by atoms with E-state index in [4.69, 9.17) is 4.74 Å². The van der Waals surface area contributed by atoms with Crippen LogP contribution in [0.4, 0.5) is 5.69 Å². The normalized spacial score (nSPS) is 21.7. The number of nitrogens with zero attached hydrogens (tertiary/aromatic N) is 1. The first-order valence-electron chi connectivity index (χ1n) is 6.52. The summed E-state index contributed by atoms with van der Waals surface area (Å²) in [7, 11) is 1.74. The van der Waals surface area contributed by atoms with Crippen molar-refractivity contribution in [2.75, 3.05) is 25.1 Å². The summed E-state index contributed by atoms with van der Waals surface area (Å²) in [6.07, 6.45) is 0. The molecule has 3 nitrogen and oxygen atoms in total. The van der Waals surface area contributed by atoms with E-state index in [2.05, 4.69) is 50.0 Å². The third-order valence-corrected chi connectivity index (χ3v) is 3.65. The van der Waals surface area contributed by atoms with Gasteiger partial charge in [0.15, 0.2) is 0 Å². The van der Waals surface area contributed by atoms with Crippen LogP contribution >= 0.6 is 0 Å². The Kier molecular flexibility index (Phi) is 3.28. The molecule has 0 unspecified atom stereocenters. The highest BCUT2D eigenvalue weighted by atomic mass is 16.5. The second kappa shape index (κ2) is 4.47. The van der Waals surface area contributed by atoms with Gasteiger partial charge in [0.25, 0.3) is 0 Å². The summed E-state index contributed by atoms with van der Waals surface area (Å²) >= 11 is 0. The summed E-state index contributed by atoms with van der Waals surface area (Å²) in [4.78, 5) is 2.48. The maximum Gasteiger partial charge on any atom is 0.142 e. The number of nitrogens with one attached hydrogen (secondary N) is 1. The number of benzene rings is 1. The average Bonchev–Trinajstić information content (AvgIpc) is 2.27. The Morgan fingerprint density at radius 1 is 1.06 bits per heavy atom. The van der Waals surface area contributed by atoms with Gasteiger partial charge in [0.05, 0.1) is 12.8 Å². The van der Waals surface area contributed by atoms with Gasteiger partial charge in [-0.15, -0.1) is 0 Å². The molecule has 0 saturated carbocycles. The fraction of sp³-hybridized carbons (Fsp3) is 0.600. The molecule has 0 aliphatic carbocycles. The molecule has 0 bridgehead atoms. The Morgan fingerprint density at radius 2 is 1.61 bits per heavy atom. The van der Waals surface area contributed by atoms with Gasteiger partial charge in [-0.05, 0) is 39.8 Å². The third kappa shape index (κ3) is 2.19. The van der Waals surface area contributed by atoms with Crippen molar-refractivity contribution in [1.82, 2.24) is 5.32 Å². The van der Waals surface area contributed by atoms with Crippen molar-refractivity contribution in [2.24, 2.45) is 0 Å². The standard InChI is InChI=1S/C15H24N2O/c1-14(2)10-16-11-15(3,4)17(14)12-8-6-7-9-13(12)18-5/h6-9,16H,10-11H2,1-5H3. The lowest BCUT2D eigenvalue weighted by Gasteiger charge is -2.54. The van der Waals surface area contributed by atoms with Crippen molar-refractivity contribution in [3.05, 3.63) is 24.3 Å². The van der Waals surface area contributed by atoms with Crippen LogP contribution < -0.4 is 15.0 Å². The lowest BCUT2D eigenvalue weighted by atomic mass is 9.88. The fourth-order valence-corrected chi connectivity index (χ4v) is 3.12. The van der Waals surface area contributed by atoms with Crippen LogP contribution in [0.15, 0.2) is 24.3 Å². The van der Waals surface area contributed by atoms with Crippen molar-refractivity contribution in [3.8, 4) is 5.75 Å². The highest BCUT2D eigenvalue weighted by Gasteiger charge is 2.42. The first-order chi connectivity index (χ1) is 8.38. The van der Waals surface area contributed by atoms with E-state index < -0.39 is 0 Å². The molecule has 1 aliphatic heterocycles. The molecule has 1 aliphatic rings. The number of hydrogen-bond acceptors (Lipinski definition) is 3. The van der Waals surface area contributed by atoms with Crippen LogP contribution in [0.3, 0.4) is 0 Å². The van der Waals surface area contributed by atoms with Crippen LogP contribution in [-0.4, -0.2) is 31.3 Å². The lowest BCUT2D eigenvalue weighted by molar-refractivity contribution is 0.260. The van der Waals surface area contributed by atoms with Crippen molar-refractivity contribution in [2.45, 2.75) is 38.8 Å². The second-order valence-electron chi connectivity index (χ2n) is 6.24. The molecule has 0 atom stereocenters. The summed E-state index contributed by atoms with van der Waals surface area (Å²) in [5.41, 5.74) is 1.31. The summed E-state index contributed by atoms with van der Waals surface area (Å²) in [5, 5.41) is 3.52. The Morgan fingerprint density at radius 3 is 2.17 bits per heavy atom. The molecule has 100 valence electrons. The molecule has 1 N–H and O–H groups in total. The molecule has 18 heavy (non-hydrogen) atoms. The van der Waals surface area contributed by atoms with E-state index in [9.17, 15) is 0 Å². The smallest absolute Gasteiger partial charge is 0.142 e. The van der Waals surface area contributed by atoms with Gasteiger partial charge >= 0.3 is 0 Å². The zero-order valence-electron chi connectivity index (χ0n) is 12.1. The maximum atomic E-state index is 5.52. The number of hydrogen-bond donors (Lipinski definition) is 1. The van der Waals surface area contributed by atoms with E-state index in [0.29, 0.717) is 0 Å². The maximum absolute atomic E-state index is 5.52. The first kappa shape index (κ1) is 13.2. The molecule has 0 spiro atoms. The predicted octanol–water partition coefficient (Wildman–Crippen LogP) is 2.66. The lowest BCUT2D eigenvalue weighted by Crippen LogP contribution is -2.68. The molecule has 1 fully saturated rings. The molecule has 1 aromatic carbocycles. The van der Waals surface area contributed by atoms with E-state index in [1.54, 1.807) is 7.11 Å². The van der Waals surface area contributed by atoms with E-state index in [1.165, 1.54) is 5.69 Å². The summed E-state index contributed by atoms with van der Waals surface area (Å²) in [5.74, 6) is 0.945. The van der Waals surface area contributed by atoms with Crippen LogP contribution in [-0.2, 0) is 0 Å². The van der Waals surface area contributed by atoms with Gasteiger partial charge in [-0.25, -0.2) is 0 Å². The van der Waals surface area contributed by atoms with Gasteiger partial charge in [0.2, 0.25) is 0 Å². The number of piperazine rings is 1. The Hall–Kier alpha value is -1.22. The van der Waals surface area contributed by atoms with Crippen LogP contribution in [0.2, 0.25) is 0 Å². The van der Waals surface area contributed by atoms with Crippen LogP contribution in [0, 0.1) is 0 Å². The SMILES string of the molecule is COc1ccccc1N1C(C)(C)CNCC1(C)C. The highest BCUT2D eigenvalue weighted by molar-refractivity contribution is 5.62. The topological polar surface area (TPSA) is 24.5 Å². The number of methoxy groups -OCH3 is 1. The van der Waals surface area contributed by atoms with Crippen LogP contribution in [0.5, 0.6) is 5.75 Å². The molecule has 1 saturated heterocycles. The zero-order valence-corrected chi connectivity index (χ0v) is 12.1. The third-order valence-electron chi connectivity index (χ3n) is 3.65. The predicted molar refractivity (Wildman–Crippen MR) is 76.5 cm³/mol. The Balaban J connectivity index is 2.50. The van der Waals surface area contributed by atoms with Crippen molar-refractivity contribution in [1.29, 1.82) is 0 Å². The summed E-state index contributed by atoms with van der Waals surface area (Å²) in [6, 6.07) is 8.27. The van der Waals surface area contributed by atoms with Crippen molar-refractivity contribution < 1.29 is 4.74 Å². The molecule has 0 radical (unpaired) electrons. The molecule has 1 aromatic rings. The number of anilines is 1. The number of rotatable bonds is 2. The van der Waals surface area contributed by atoms with Crippen LogP contribution in [0.25, 0.3) is 0 Å². The van der Waals surface area contributed by atoms with Gasteiger partial charge in [-0.1, -0.05) is 12.1 Å². The summed E-state index contributed by atoms with van der Waals surface area (Å²) < 4.78 is 5.52. The second-order valence-corrected chi connectivity index (χ2v) is 6.24. The summed E-state index contributed by atoms with van der Waals surface area (Å²) in [6.45, 7) is 11.0. The molecule has 2 rings (SSSR count). The van der Waals surface area contributed by atoms with E-state index in [0.717, 1.165) is 18.8 Å². The van der Waals surface area contributed by atoms with E-state index >= 15 is 0 Å².